The fraction of sp³-hybridized carbons (Fsp3) is 0.593. The van der Waals surface area contributed by atoms with Crippen LogP contribution in [-0.2, 0) is 23.7 Å². The predicted octanol–water partition coefficient (Wildman–Crippen LogP) is 3.31. The first-order valence-corrected chi connectivity index (χ1v) is 14.8. The lowest BCUT2D eigenvalue weighted by molar-refractivity contribution is -0.285. The molecule has 3 aliphatic rings. The van der Waals surface area contributed by atoms with E-state index >= 15 is 0 Å². The van der Waals surface area contributed by atoms with Crippen LogP contribution in [0, 0.1) is 11.6 Å². The highest BCUT2D eigenvalue weighted by atomic mass is 32.2. The van der Waals surface area contributed by atoms with Gasteiger partial charge in [0.05, 0.1) is 13.2 Å². The zero-order valence-electron chi connectivity index (χ0n) is 23.5. The number of benzene rings is 1. The lowest BCUT2D eigenvalue weighted by Crippen LogP contribution is -2.49. The van der Waals surface area contributed by atoms with Gasteiger partial charge in [-0.05, 0) is 44.4 Å². The van der Waals surface area contributed by atoms with Crippen LogP contribution in [-0.4, -0.2) is 85.3 Å². The molecular weight excluding hydrogens is 574 g/mol. The van der Waals surface area contributed by atoms with Crippen LogP contribution in [0.15, 0.2) is 23.4 Å². The molecule has 3 heterocycles. The molecule has 2 saturated carbocycles. The van der Waals surface area contributed by atoms with Crippen LogP contribution in [0.2, 0.25) is 0 Å². The maximum Gasteiger partial charge on any atom is 0.331 e. The maximum atomic E-state index is 13.8. The molecular formula is C27H32F2N6O6S. The van der Waals surface area contributed by atoms with Gasteiger partial charge in [0.15, 0.2) is 39.6 Å². The molecule has 0 bridgehead atoms. The van der Waals surface area contributed by atoms with Crippen molar-refractivity contribution in [1.82, 2.24) is 25.0 Å². The molecule has 1 aromatic carbocycles. The number of aliphatic hydroxyl groups is 1. The number of hydrogen-bond acceptors (Lipinski definition) is 12. The van der Waals surface area contributed by atoms with Gasteiger partial charge in [0, 0.05) is 24.1 Å². The Morgan fingerprint density at radius 3 is 2.81 bits per heavy atom. The number of hydrogen-bond donors (Lipinski definition) is 2. The summed E-state index contributed by atoms with van der Waals surface area (Å²) in [6, 6.07) is 3.27. The number of methoxy groups -OCH3 is 1. The Morgan fingerprint density at radius 1 is 1.26 bits per heavy atom. The summed E-state index contributed by atoms with van der Waals surface area (Å²) < 4.78 is 51.7. The molecule has 0 spiro atoms. The lowest BCUT2D eigenvalue weighted by atomic mass is 10.1. The van der Waals surface area contributed by atoms with Crippen molar-refractivity contribution < 1.29 is 37.6 Å². The van der Waals surface area contributed by atoms with Crippen LogP contribution in [0.4, 0.5) is 14.6 Å². The van der Waals surface area contributed by atoms with Gasteiger partial charge in [-0.3, -0.25) is 0 Å². The lowest BCUT2D eigenvalue weighted by Gasteiger charge is -2.31. The number of esters is 1. The number of halogens is 2. The van der Waals surface area contributed by atoms with Crippen LogP contribution in [0.1, 0.15) is 57.6 Å². The third-order valence-corrected chi connectivity index (χ3v) is 8.72. The van der Waals surface area contributed by atoms with Crippen molar-refractivity contribution >= 4 is 34.7 Å². The minimum absolute atomic E-state index is 0.0178. The number of fused-ring (bicyclic) bond motifs is 2. The predicted molar refractivity (Wildman–Crippen MR) is 146 cm³/mol. The monoisotopic (exact) mass is 606 g/mol. The minimum Gasteiger partial charge on any atom is -0.467 e. The van der Waals surface area contributed by atoms with Gasteiger partial charge >= 0.3 is 5.97 Å². The highest BCUT2D eigenvalue weighted by Crippen LogP contribution is 2.52. The second-order valence-corrected chi connectivity index (χ2v) is 12.2. The zero-order valence-corrected chi connectivity index (χ0v) is 24.4. The molecule has 0 unspecified atom stereocenters. The first-order valence-electron chi connectivity index (χ1n) is 13.8. The molecule has 15 heteroatoms. The highest BCUT2D eigenvalue weighted by Gasteiger charge is 2.67. The van der Waals surface area contributed by atoms with Crippen LogP contribution >= 0.6 is 11.8 Å². The van der Waals surface area contributed by atoms with Crippen LogP contribution in [0.3, 0.4) is 0 Å². The summed E-state index contributed by atoms with van der Waals surface area (Å²) in [6.07, 6.45) is -0.263. The third-order valence-electron chi connectivity index (χ3n) is 7.67. The molecule has 0 radical (unpaired) electrons. The SMILES string of the molecule is CCCSc1nc(N[C@@H]2C[C@H]2c2ccc(F)c(F)c2)c2nnn([C@@H]3C[C@H](O)[C@@]4(OCC(=O)OC)OC(C)(C)O[C@@H]34)c2n1. The molecule has 6 rings (SSSR count). The highest BCUT2D eigenvalue weighted by molar-refractivity contribution is 7.99. The molecule has 0 amide bonds. The maximum absolute atomic E-state index is 13.8. The molecule has 6 atom stereocenters. The summed E-state index contributed by atoms with van der Waals surface area (Å²) in [5, 5.41) is 23.9. The van der Waals surface area contributed by atoms with E-state index in [1.807, 2.05) is 0 Å². The molecule has 2 aromatic heterocycles. The summed E-state index contributed by atoms with van der Waals surface area (Å²) in [4.78, 5) is 21.4. The normalized spacial score (nSPS) is 29.5. The number of aliphatic hydroxyl groups excluding tert-OH is 1. The standard InChI is InChI=1S/C27H32F2N6O6S/c1-5-8-42-25-31-23(30-17-10-14(17)13-6-7-15(28)16(29)9-13)21-24(32-25)35(34-33-21)18-11-19(36)27(39-12-20(37)38-4)22(18)40-26(2,3)41-27/h6-7,9,14,17-19,22,36H,5,8,10-12H2,1-4H3,(H,30,31,32)/t14-,17+,18+,19-,22-,27+/m0/s1. The smallest absolute Gasteiger partial charge is 0.331 e. The second-order valence-electron chi connectivity index (χ2n) is 11.1. The molecule has 12 nitrogen and oxygen atoms in total. The number of anilines is 1. The Balaban J connectivity index is 1.33. The summed E-state index contributed by atoms with van der Waals surface area (Å²) in [7, 11) is 1.24. The van der Waals surface area contributed by atoms with Crippen LogP contribution < -0.4 is 5.32 Å². The Labute approximate surface area is 244 Å². The second kappa shape index (κ2) is 10.9. The van der Waals surface area contributed by atoms with Crippen molar-refractivity contribution in [3.8, 4) is 0 Å². The summed E-state index contributed by atoms with van der Waals surface area (Å²) >= 11 is 1.48. The first kappa shape index (κ1) is 29.1. The fourth-order valence-electron chi connectivity index (χ4n) is 5.68. The number of nitrogens with zero attached hydrogens (tertiary/aromatic N) is 5. The number of rotatable bonds is 10. The van der Waals surface area contributed by atoms with Gasteiger partial charge in [0.2, 0.25) is 5.79 Å². The largest absolute Gasteiger partial charge is 0.467 e. The topological polar surface area (TPSA) is 143 Å². The van der Waals surface area contributed by atoms with Crippen molar-refractivity contribution in [2.45, 2.75) is 87.0 Å². The molecule has 2 N–H and O–H groups in total. The van der Waals surface area contributed by atoms with Gasteiger partial charge in [-0.15, -0.1) is 5.10 Å². The number of nitrogens with one attached hydrogen (secondary N) is 1. The van der Waals surface area contributed by atoms with Crippen molar-refractivity contribution in [2.75, 3.05) is 24.8 Å². The molecule has 42 heavy (non-hydrogen) atoms. The number of carbonyl (C=O) groups is 1. The molecule has 226 valence electrons. The van der Waals surface area contributed by atoms with Crippen molar-refractivity contribution in [3.63, 3.8) is 0 Å². The summed E-state index contributed by atoms with van der Waals surface area (Å²) in [6.45, 7) is 5.00. The third kappa shape index (κ3) is 5.21. The Bertz CT molecular complexity index is 1510. The molecule has 1 saturated heterocycles. The molecule has 1 aliphatic heterocycles. The van der Waals surface area contributed by atoms with E-state index in [0.717, 1.165) is 18.2 Å². The van der Waals surface area contributed by atoms with E-state index < -0.39 is 54.0 Å². The fourth-order valence-corrected chi connectivity index (χ4v) is 6.37. The molecule has 3 fully saturated rings. The van der Waals surface area contributed by atoms with E-state index in [4.69, 9.17) is 28.9 Å². The van der Waals surface area contributed by atoms with E-state index in [2.05, 4.69) is 22.6 Å². The quantitative estimate of drug-likeness (QED) is 0.199. The van der Waals surface area contributed by atoms with E-state index in [0.29, 0.717) is 34.1 Å². The van der Waals surface area contributed by atoms with Gasteiger partial charge in [-0.25, -0.2) is 28.2 Å². The van der Waals surface area contributed by atoms with Crippen molar-refractivity contribution in [3.05, 3.63) is 35.4 Å². The van der Waals surface area contributed by atoms with Crippen molar-refractivity contribution in [2.24, 2.45) is 0 Å². The average Bonchev–Trinajstić information content (AvgIpc) is 3.38. The zero-order chi connectivity index (χ0) is 29.8. The van der Waals surface area contributed by atoms with Gasteiger partial charge in [-0.1, -0.05) is 30.0 Å². The average molecular weight is 607 g/mol. The van der Waals surface area contributed by atoms with Gasteiger partial charge in [-0.2, -0.15) is 0 Å². The summed E-state index contributed by atoms with van der Waals surface area (Å²) in [5.74, 6) is -3.91. The van der Waals surface area contributed by atoms with E-state index in [1.54, 1.807) is 24.6 Å². The molecule has 2 aliphatic carbocycles. The van der Waals surface area contributed by atoms with Gasteiger partial charge < -0.3 is 29.4 Å². The van der Waals surface area contributed by atoms with E-state index in [1.165, 1.54) is 24.9 Å². The Kier molecular flexibility index (Phi) is 7.58. The van der Waals surface area contributed by atoms with Crippen LogP contribution in [0.5, 0.6) is 0 Å². The van der Waals surface area contributed by atoms with Crippen molar-refractivity contribution in [1.29, 1.82) is 0 Å². The number of aromatic nitrogens is 5. The number of carbonyl (C=O) groups excluding carboxylic acids is 1. The van der Waals surface area contributed by atoms with Gasteiger partial charge in [0.25, 0.3) is 0 Å². The molecule has 3 aromatic rings. The van der Waals surface area contributed by atoms with Crippen LogP contribution in [0.25, 0.3) is 11.2 Å². The Morgan fingerprint density at radius 2 is 2.07 bits per heavy atom. The Hall–Kier alpha value is -2.98. The minimum atomic E-state index is -1.64. The van der Waals surface area contributed by atoms with E-state index in [9.17, 15) is 18.7 Å². The number of thioether (sulfide) groups is 1. The first-order chi connectivity index (χ1) is 20.0. The summed E-state index contributed by atoms with van der Waals surface area (Å²) in [5.41, 5.74) is 1.53. The number of ether oxygens (including phenoxy) is 4. The van der Waals surface area contributed by atoms with E-state index in [-0.39, 0.29) is 18.4 Å². The van der Waals surface area contributed by atoms with Gasteiger partial charge in [0.1, 0.15) is 18.8 Å².